The van der Waals surface area contributed by atoms with Gasteiger partial charge in [0.1, 0.15) is 24.2 Å². The van der Waals surface area contributed by atoms with Crippen LogP contribution in [-0.2, 0) is 26.2 Å². The fourth-order valence-electron chi connectivity index (χ4n) is 4.08. The molecule has 0 aromatic heterocycles. The number of ether oxygens (including phenoxy) is 2. The SMILES string of the molecule is COc1ccc(S(=O)(=O)N(CC(=O)N(Cc2ccc(F)cc2)[C@@H](C)C(=O)NC(C)(C)C)c2ccc(F)cc2)cc1OC. The van der Waals surface area contributed by atoms with Gasteiger partial charge in [0, 0.05) is 18.2 Å². The van der Waals surface area contributed by atoms with Gasteiger partial charge in [0.2, 0.25) is 11.8 Å². The Labute approximate surface area is 245 Å². The third kappa shape index (κ3) is 7.96. The third-order valence-electron chi connectivity index (χ3n) is 6.27. The number of sulfonamides is 1. The molecule has 0 aliphatic rings. The summed E-state index contributed by atoms with van der Waals surface area (Å²) in [4.78, 5) is 28.1. The predicted molar refractivity (Wildman–Crippen MR) is 155 cm³/mol. The first-order valence-corrected chi connectivity index (χ1v) is 14.5. The van der Waals surface area contributed by atoms with E-state index in [0.717, 1.165) is 16.4 Å². The number of hydrogen-bond acceptors (Lipinski definition) is 6. The molecule has 2 amide bonds. The minimum atomic E-state index is -4.43. The number of nitrogens with zero attached hydrogens (tertiary/aromatic N) is 2. The van der Waals surface area contributed by atoms with Crippen LogP contribution in [0.3, 0.4) is 0 Å². The molecule has 1 atom stereocenters. The Balaban J connectivity index is 2.07. The lowest BCUT2D eigenvalue weighted by molar-refractivity contribution is -0.140. The van der Waals surface area contributed by atoms with Crippen LogP contribution in [0.1, 0.15) is 33.3 Å². The van der Waals surface area contributed by atoms with Gasteiger partial charge in [0.25, 0.3) is 10.0 Å². The molecule has 0 radical (unpaired) electrons. The van der Waals surface area contributed by atoms with Crippen molar-refractivity contribution < 1.29 is 36.3 Å². The number of anilines is 1. The Bertz CT molecular complexity index is 1510. The van der Waals surface area contributed by atoms with Gasteiger partial charge in [-0.15, -0.1) is 0 Å². The maximum absolute atomic E-state index is 14.0. The molecule has 226 valence electrons. The van der Waals surface area contributed by atoms with Gasteiger partial charge >= 0.3 is 0 Å². The molecule has 3 aromatic rings. The minimum absolute atomic E-state index is 0.0214. The molecule has 0 unspecified atom stereocenters. The average Bonchev–Trinajstić information content (AvgIpc) is 2.94. The first-order chi connectivity index (χ1) is 19.7. The van der Waals surface area contributed by atoms with Crippen LogP contribution in [0.4, 0.5) is 14.5 Å². The first kappa shape index (κ1) is 32.3. The molecule has 0 fully saturated rings. The van der Waals surface area contributed by atoms with E-state index in [-0.39, 0.29) is 22.9 Å². The van der Waals surface area contributed by atoms with Crippen LogP contribution in [0.25, 0.3) is 0 Å². The molecular formula is C30H35F2N3O6S. The van der Waals surface area contributed by atoms with E-state index in [4.69, 9.17) is 9.47 Å². The first-order valence-electron chi connectivity index (χ1n) is 13.0. The van der Waals surface area contributed by atoms with Gasteiger partial charge in [0.15, 0.2) is 11.5 Å². The normalized spacial score (nSPS) is 12.3. The Morgan fingerprint density at radius 1 is 0.881 bits per heavy atom. The summed E-state index contributed by atoms with van der Waals surface area (Å²) in [5.41, 5.74) is -0.0587. The van der Waals surface area contributed by atoms with E-state index >= 15 is 0 Å². The van der Waals surface area contributed by atoms with E-state index in [1.807, 2.05) is 0 Å². The summed E-state index contributed by atoms with van der Waals surface area (Å²) in [6.07, 6.45) is 0. The van der Waals surface area contributed by atoms with Crippen molar-refractivity contribution in [3.63, 3.8) is 0 Å². The highest BCUT2D eigenvalue weighted by atomic mass is 32.2. The molecule has 0 saturated heterocycles. The van der Waals surface area contributed by atoms with Gasteiger partial charge < -0.3 is 19.7 Å². The quantitative estimate of drug-likeness (QED) is 0.346. The summed E-state index contributed by atoms with van der Waals surface area (Å²) in [6, 6.07) is 13.0. The van der Waals surface area contributed by atoms with E-state index in [1.54, 1.807) is 20.8 Å². The zero-order valence-corrected chi connectivity index (χ0v) is 25.2. The molecule has 1 N–H and O–H groups in total. The Morgan fingerprint density at radius 2 is 1.43 bits per heavy atom. The topological polar surface area (TPSA) is 105 Å². The number of benzene rings is 3. The van der Waals surface area contributed by atoms with Gasteiger partial charge in [-0.05, 0) is 81.8 Å². The molecule has 42 heavy (non-hydrogen) atoms. The standard InChI is InChI=1S/C30H35F2N3O6S/c1-20(29(37)33-30(2,3)4)34(18-21-7-9-22(31)10-8-21)28(36)19-35(24-13-11-23(32)12-14-24)42(38,39)25-15-16-26(40-5)27(17-25)41-6/h7-17,20H,18-19H2,1-6H3,(H,33,37)/t20-/m0/s1. The fourth-order valence-corrected chi connectivity index (χ4v) is 5.51. The van der Waals surface area contributed by atoms with Gasteiger partial charge in [-0.3, -0.25) is 13.9 Å². The molecule has 0 aliphatic carbocycles. The Hall–Kier alpha value is -4.19. The monoisotopic (exact) mass is 603 g/mol. The minimum Gasteiger partial charge on any atom is -0.493 e. The van der Waals surface area contributed by atoms with Crippen LogP contribution in [0.5, 0.6) is 11.5 Å². The van der Waals surface area contributed by atoms with Crippen molar-refractivity contribution in [1.29, 1.82) is 0 Å². The maximum atomic E-state index is 14.0. The van der Waals surface area contributed by atoms with Crippen molar-refractivity contribution in [3.8, 4) is 11.5 Å². The largest absolute Gasteiger partial charge is 0.493 e. The van der Waals surface area contributed by atoms with Crippen LogP contribution < -0.4 is 19.1 Å². The number of nitrogens with one attached hydrogen (secondary N) is 1. The van der Waals surface area contributed by atoms with Crippen molar-refractivity contribution in [2.24, 2.45) is 0 Å². The highest BCUT2D eigenvalue weighted by Crippen LogP contribution is 2.32. The van der Waals surface area contributed by atoms with Crippen LogP contribution >= 0.6 is 0 Å². The highest BCUT2D eigenvalue weighted by molar-refractivity contribution is 7.92. The van der Waals surface area contributed by atoms with Gasteiger partial charge in [-0.25, -0.2) is 17.2 Å². The fraction of sp³-hybridized carbons (Fsp3) is 0.333. The molecule has 12 heteroatoms. The van der Waals surface area contributed by atoms with Gasteiger partial charge in [-0.2, -0.15) is 0 Å². The molecular weight excluding hydrogens is 568 g/mol. The second-order valence-electron chi connectivity index (χ2n) is 10.6. The molecule has 0 aliphatic heterocycles. The van der Waals surface area contributed by atoms with Gasteiger partial charge in [0.05, 0.1) is 24.8 Å². The molecule has 3 rings (SSSR count). The smallest absolute Gasteiger partial charge is 0.264 e. The zero-order chi connectivity index (χ0) is 31.2. The molecule has 0 heterocycles. The molecule has 0 spiro atoms. The van der Waals surface area contributed by atoms with E-state index in [1.165, 1.54) is 80.6 Å². The number of carbonyl (C=O) groups is 2. The lowest BCUT2D eigenvalue weighted by Crippen LogP contribution is -2.54. The molecule has 0 saturated carbocycles. The average molecular weight is 604 g/mol. The molecule has 3 aromatic carbocycles. The lowest BCUT2D eigenvalue weighted by Gasteiger charge is -2.33. The summed E-state index contributed by atoms with van der Waals surface area (Å²) in [5.74, 6) is -1.81. The Kier molecular flexibility index (Phi) is 10.2. The number of carbonyl (C=O) groups excluding carboxylic acids is 2. The number of hydrogen-bond donors (Lipinski definition) is 1. The summed E-state index contributed by atoms with van der Waals surface area (Å²) < 4.78 is 66.6. The van der Waals surface area contributed by atoms with Crippen molar-refractivity contribution in [1.82, 2.24) is 10.2 Å². The highest BCUT2D eigenvalue weighted by Gasteiger charge is 2.34. The predicted octanol–water partition coefficient (Wildman–Crippen LogP) is 4.51. The number of rotatable bonds is 11. The van der Waals surface area contributed by atoms with Crippen LogP contribution in [-0.4, -0.2) is 57.5 Å². The van der Waals surface area contributed by atoms with Crippen LogP contribution in [0, 0.1) is 11.6 Å². The summed E-state index contributed by atoms with van der Waals surface area (Å²) in [7, 11) is -1.67. The summed E-state index contributed by atoms with van der Waals surface area (Å²) >= 11 is 0. The van der Waals surface area contributed by atoms with Gasteiger partial charge in [-0.1, -0.05) is 12.1 Å². The molecule has 0 bridgehead atoms. The maximum Gasteiger partial charge on any atom is 0.264 e. The van der Waals surface area contributed by atoms with E-state index in [0.29, 0.717) is 11.3 Å². The van der Waals surface area contributed by atoms with E-state index in [9.17, 15) is 26.8 Å². The van der Waals surface area contributed by atoms with Crippen molar-refractivity contribution >= 4 is 27.5 Å². The van der Waals surface area contributed by atoms with Crippen LogP contribution in [0.15, 0.2) is 71.6 Å². The molecule has 9 nitrogen and oxygen atoms in total. The number of halogens is 2. The lowest BCUT2D eigenvalue weighted by atomic mass is 10.1. The number of methoxy groups -OCH3 is 2. The van der Waals surface area contributed by atoms with Crippen LogP contribution in [0.2, 0.25) is 0 Å². The van der Waals surface area contributed by atoms with E-state index < -0.39 is 51.6 Å². The van der Waals surface area contributed by atoms with Crippen molar-refractivity contribution in [2.45, 2.75) is 50.7 Å². The third-order valence-corrected chi connectivity index (χ3v) is 8.04. The summed E-state index contributed by atoms with van der Waals surface area (Å²) in [6.45, 7) is 6.05. The Morgan fingerprint density at radius 3 is 1.95 bits per heavy atom. The summed E-state index contributed by atoms with van der Waals surface area (Å²) in [5, 5.41) is 2.83. The van der Waals surface area contributed by atoms with E-state index in [2.05, 4.69) is 5.32 Å². The second kappa shape index (κ2) is 13.2. The number of amides is 2. The van der Waals surface area contributed by atoms with Crippen molar-refractivity contribution in [3.05, 3.63) is 83.9 Å². The second-order valence-corrected chi connectivity index (χ2v) is 12.4. The van der Waals surface area contributed by atoms with Crippen molar-refractivity contribution in [2.75, 3.05) is 25.1 Å². The zero-order valence-electron chi connectivity index (χ0n) is 24.4.